The lowest BCUT2D eigenvalue weighted by atomic mass is 10.3. The van der Waals surface area contributed by atoms with Gasteiger partial charge >= 0.3 is 5.69 Å². The molecule has 4 heteroatoms. The Labute approximate surface area is 63.8 Å². The van der Waals surface area contributed by atoms with Gasteiger partial charge in [-0.15, -0.1) is 5.92 Å². The Morgan fingerprint density at radius 3 is 3.00 bits per heavy atom. The van der Waals surface area contributed by atoms with E-state index in [2.05, 4.69) is 16.8 Å². The molecule has 2 N–H and O–H groups in total. The molecule has 4 nitrogen and oxygen atoms in total. The molecular weight excluding hydrogens is 144 g/mol. The van der Waals surface area contributed by atoms with Gasteiger partial charge in [-0.05, 0) is 6.92 Å². The summed E-state index contributed by atoms with van der Waals surface area (Å²) in [6.45, 7) is 1.57. The first-order valence-electron chi connectivity index (χ1n) is 3.38. The summed E-state index contributed by atoms with van der Waals surface area (Å²) in [5, 5.41) is 0. The van der Waals surface area contributed by atoms with Crippen LogP contribution in [0.25, 0.3) is 0 Å². The molecule has 1 heterocycles. The van der Waals surface area contributed by atoms with Gasteiger partial charge in [0.25, 0.3) is 5.56 Å². The Kier molecular flexibility index (Phi) is 1.57. The van der Waals surface area contributed by atoms with E-state index < -0.39 is 11.2 Å². The molecule has 0 unspecified atom stereocenters. The molecule has 0 atom stereocenters. The summed E-state index contributed by atoms with van der Waals surface area (Å²) in [4.78, 5) is 24.1. The van der Waals surface area contributed by atoms with Gasteiger partial charge in [0.1, 0.15) is 5.56 Å². The van der Waals surface area contributed by atoms with Gasteiger partial charge in [0.2, 0.25) is 0 Å². The van der Waals surface area contributed by atoms with E-state index in [9.17, 15) is 9.59 Å². The van der Waals surface area contributed by atoms with Crippen molar-refractivity contribution < 1.29 is 1.41 Å². The van der Waals surface area contributed by atoms with Crippen molar-refractivity contribution in [3.05, 3.63) is 32.6 Å². The normalized spacial score (nSPS) is 9.73. The first-order valence-corrected chi connectivity index (χ1v) is 2.93. The van der Waals surface area contributed by atoms with E-state index in [4.69, 9.17) is 1.41 Å². The van der Waals surface area contributed by atoms with Gasteiger partial charge in [0, 0.05) is 6.20 Å². The van der Waals surface area contributed by atoms with Gasteiger partial charge in [-0.1, -0.05) is 5.92 Å². The molecule has 0 saturated carbocycles. The third-order valence-corrected chi connectivity index (χ3v) is 1.03. The number of hydrogen-bond donors (Lipinski definition) is 2. The van der Waals surface area contributed by atoms with Crippen molar-refractivity contribution >= 4 is 0 Å². The highest BCUT2D eigenvalue weighted by Gasteiger charge is 1.92. The molecule has 56 valence electrons. The van der Waals surface area contributed by atoms with Crippen LogP contribution in [0.2, 0.25) is 1.41 Å². The van der Waals surface area contributed by atoms with Gasteiger partial charge in [0.05, 0.1) is 0 Å². The Hall–Kier alpha value is -1.76. The van der Waals surface area contributed by atoms with Crippen LogP contribution in [0.1, 0.15) is 12.5 Å². The van der Waals surface area contributed by atoms with Crippen molar-refractivity contribution in [1.82, 2.24) is 9.96 Å². The summed E-state index contributed by atoms with van der Waals surface area (Å²) < 4.78 is 6.96. The van der Waals surface area contributed by atoms with E-state index in [-0.39, 0.29) is 10.5 Å². The van der Waals surface area contributed by atoms with E-state index in [0.29, 0.717) is 0 Å². The first kappa shape index (κ1) is 5.98. The molecule has 0 bridgehead atoms. The van der Waals surface area contributed by atoms with Gasteiger partial charge in [-0.2, -0.15) is 0 Å². The molecule has 0 aliphatic carbocycles. The van der Waals surface area contributed by atoms with Crippen molar-refractivity contribution in [2.45, 2.75) is 6.92 Å². The molecule has 11 heavy (non-hydrogen) atoms. The molecule has 0 aliphatic rings. The third-order valence-electron chi connectivity index (χ3n) is 1.03. The summed E-state index contributed by atoms with van der Waals surface area (Å²) in [6, 6.07) is 0. The zero-order chi connectivity index (χ0) is 9.14. The van der Waals surface area contributed by atoms with Crippen molar-refractivity contribution in [3.8, 4) is 11.8 Å². The summed E-state index contributed by atoms with van der Waals surface area (Å²) >= 11 is 0. The molecule has 0 aromatic carbocycles. The maximum absolute atomic E-state index is 11.0. The summed E-state index contributed by atoms with van der Waals surface area (Å²) in [7, 11) is 0. The van der Waals surface area contributed by atoms with Crippen LogP contribution in [-0.4, -0.2) is 9.96 Å². The maximum Gasteiger partial charge on any atom is 0.325 e. The zero-order valence-corrected chi connectivity index (χ0v) is 5.84. The van der Waals surface area contributed by atoms with Crippen LogP contribution in [0.15, 0.2) is 15.8 Å². The molecule has 0 saturated heterocycles. The van der Waals surface area contributed by atoms with Crippen LogP contribution in [0.3, 0.4) is 0 Å². The van der Waals surface area contributed by atoms with Crippen molar-refractivity contribution in [2.24, 2.45) is 0 Å². The summed E-state index contributed by atoms with van der Waals surface area (Å²) in [5.74, 6) is 4.97. The average Bonchev–Trinajstić information content (AvgIpc) is 2.07. The van der Waals surface area contributed by atoms with Crippen molar-refractivity contribution in [1.29, 1.82) is 0 Å². The highest BCUT2D eigenvalue weighted by Crippen LogP contribution is 1.76. The Bertz CT molecular complexity index is 461. The Balaban J connectivity index is 3.55. The van der Waals surface area contributed by atoms with Crippen molar-refractivity contribution in [3.63, 3.8) is 0 Å². The quantitative estimate of drug-likeness (QED) is 0.488. The lowest BCUT2D eigenvalue weighted by Gasteiger charge is -1.84. The van der Waals surface area contributed by atoms with Crippen LogP contribution in [-0.2, 0) is 0 Å². The molecule has 1 rings (SSSR count). The molecule has 0 aliphatic heterocycles. The van der Waals surface area contributed by atoms with Gasteiger partial charge in [0.15, 0.2) is 1.41 Å². The number of H-pyrrole nitrogens is 2. The lowest BCUT2D eigenvalue weighted by molar-refractivity contribution is 1.03. The van der Waals surface area contributed by atoms with E-state index >= 15 is 0 Å². The third kappa shape index (κ3) is 1.58. The van der Waals surface area contributed by atoms with Crippen LogP contribution in [0.4, 0.5) is 0 Å². The highest BCUT2D eigenvalue weighted by atomic mass is 16.2. The van der Waals surface area contributed by atoms with E-state index in [1.165, 1.54) is 6.20 Å². The monoisotopic (exact) mass is 151 g/mol. The minimum Gasteiger partial charge on any atom is -0.313 e. The Morgan fingerprint density at radius 1 is 1.64 bits per heavy atom. The number of nitrogens with one attached hydrogen (secondary N) is 2. The molecule has 0 spiro atoms. The largest absolute Gasteiger partial charge is 0.325 e. The highest BCUT2D eigenvalue weighted by molar-refractivity contribution is 5.28. The predicted octanol–water partition coefficient (Wildman–Crippen LogP) is -0.565. The second-order valence-electron chi connectivity index (χ2n) is 1.80. The minimum atomic E-state index is -0.762. The van der Waals surface area contributed by atoms with Crippen LogP contribution < -0.4 is 11.2 Å². The van der Waals surface area contributed by atoms with E-state index in [1.807, 2.05) is 0 Å². The SMILES string of the molecule is [2H]n1c(=O)[nH]cc(C#CC)c1=O. The molecule has 1 aromatic rings. The minimum absolute atomic E-state index is 0.118. The second-order valence-corrected chi connectivity index (χ2v) is 1.80. The van der Waals surface area contributed by atoms with E-state index in [1.54, 1.807) is 6.92 Å². The predicted molar refractivity (Wildman–Crippen MR) is 40.2 cm³/mol. The van der Waals surface area contributed by atoms with Gasteiger partial charge < -0.3 is 4.98 Å². The fourth-order valence-electron chi connectivity index (χ4n) is 0.605. The van der Waals surface area contributed by atoms with Gasteiger partial charge in [-0.25, -0.2) is 4.79 Å². The number of rotatable bonds is 0. The first-order chi connectivity index (χ1) is 5.66. The molecule has 0 fully saturated rings. The fourth-order valence-corrected chi connectivity index (χ4v) is 0.605. The molecular formula is C7H6N2O2. The summed E-state index contributed by atoms with van der Waals surface area (Å²) in [5.41, 5.74) is -1.35. The second kappa shape index (κ2) is 2.88. The van der Waals surface area contributed by atoms with Crippen LogP contribution >= 0.6 is 0 Å². The van der Waals surface area contributed by atoms with Crippen LogP contribution in [0, 0.1) is 11.8 Å². The maximum atomic E-state index is 11.0. The average molecular weight is 151 g/mol. The Morgan fingerprint density at radius 2 is 2.36 bits per heavy atom. The zero-order valence-electron chi connectivity index (χ0n) is 6.84. The number of aromatic amines is 2. The molecule has 0 amide bonds. The number of hydrogen-bond acceptors (Lipinski definition) is 2. The molecule has 0 radical (unpaired) electrons. The van der Waals surface area contributed by atoms with Crippen molar-refractivity contribution in [2.75, 3.05) is 0 Å². The standard InChI is InChI=1S/C7H6N2O2/c1-2-3-5-4-8-7(11)9-6(5)10/h4H,1H3,(H2,8,9,10,11)/i/hD. The summed E-state index contributed by atoms with van der Waals surface area (Å²) in [6.07, 6.45) is 1.20. The smallest absolute Gasteiger partial charge is 0.313 e. The van der Waals surface area contributed by atoms with E-state index in [0.717, 1.165) is 0 Å². The fraction of sp³-hybridized carbons (Fsp3) is 0.143. The van der Waals surface area contributed by atoms with Crippen LogP contribution in [0.5, 0.6) is 0 Å². The number of aromatic nitrogens is 2. The van der Waals surface area contributed by atoms with Gasteiger partial charge in [-0.3, -0.25) is 9.77 Å². The topological polar surface area (TPSA) is 65.7 Å². The molecule has 1 aromatic heterocycles. The lowest BCUT2D eigenvalue weighted by Crippen LogP contribution is -2.23.